The van der Waals surface area contributed by atoms with Crippen LogP contribution in [0, 0.1) is 0 Å². The third-order valence-corrected chi connectivity index (χ3v) is 4.17. The Morgan fingerprint density at radius 3 is 2.50 bits per heavy atom. The molecule has 1 aliphatic rings. The highest BCUT2D eigenvalue weighted by molar-refractivity contribution is 5.39. The minimum absolute atomic E-state index is 0.565. The van der Waals surface area contributed by atoms with Crippen molar-refractivity contribution >= 4 is 0 Å². The second kappa shape index (κ2) is 8.98. The molecule has 5 heteroatoms. The van der Waals surface area contributed by atoms with Crippen molar-refractivity contribution in [3.63, 3.8) is 0 Å². The fourth-order valence-corrected chi connectivity index (χ4v) is 2.84. The van der Waals surface area contributed by atoms with E-state index in [1.54, 1.807) is 14.2 Å². The topological polar surface area (TPSA) is 34.2 Å². The Labute approximate surface area is 133 Å². The van der Waals surface area contributed by atoms with E-state index in [4.69, 9.17) is 14.2 Å². The molecule has 0 radical (unpaired) electrons. The molecule has 1 aromatic rings. The summed E-state index contributed by atoms with van der Waals surface area (Å²) >= 11 is 0. The zero-order valence-electron chi connectivity index (χ0n) is 14.0. The minimum atomic E-state index is 0.565. The highest BCUT2D eigenvalue weighted by Gasteiger charge is 2.22. The lowest BCUT2D eigenvalue weighted by Gasteiger charge is -2.39. The standard InChI is InChI=1S/C17H28N2O3/c1-15-14-18(8-9-19(15)11-12-20-2)10-13-22-17-7-5-4-6-16(17)21-3/h4-7,15H,8-14H2,1-3H3/t15-/m1/s1. The fraction of sp³-hybridized carbons (Fsp3) is 0.647. The Hall–Kier alpha value is -1.30. The summed E-state index contributed by atoms with van der Waals surface area (Å²) in [6.07, 6.45) is 0. The van der Waals surface area contributed by atoms with Crippen LogP contribution in [0.5, 0.6) is 11.5 Å². The first kappa shape index (κ1) is 17.1. The maximum Gasteiger partial charge on any atom is 0.161 e. The van der Waals surface area contributed by atoms with Crippen LogP contribution in [0.15, 0.2) is 24.3 Å². The van der Waals surface area contributed by atoms with Crippen molar-refractivity contribution in [1.29, 1.82) is 0 Å². The molecule has 1 atom stereocenters. The molecule has 0 unspecified atom stereocenters. The van der Waals surface area contributed by atoms with Gasteiger partial charge in [-0.2, -0.15) is 0 Å². The molecular formula is C17H28N2O3. The monoisotopic (exact) mass is 308 g/mol. The van der Waals surface area contributed by atoms with Crippen molar-refractivity contribution in [3.8, 4) is 11.5 Å². The number of rotatable bonds is 8. The molecule has 2 rings (SSSR count). The summed E-state index contributed by atoms with van der Waals surface area (Å²) in [5.74, 6) is 1.61. The molecule has 1 aromatic carbocycles. The average molecular weight is 308 g/mol. The lowest BCUT2D eigenvalue weighted by atomic mass is 10.2. The van der Waals surface area contributed by atoms with Crippen LogP contribution in [-0.2, 0) is 4.74 Å². The molecule has 0 spiro atoms. The normalized spacial score (nSPS) is 20.0. The van der Waals surface area contributed by atoms with Gasteiger partial charge in [-0.05, 0) is 19.1 Å². The van der Waals surface area contributed by atoms with E-state index in [2.05, 4.69) is 16.7 Å². The molecule has 0 aromatic heterocycles. The summed E-state index contributed by atoms with van der Waals surface area (Å²) in [6, 6.07) is 8.35. The second-order valence-corrected chi connectivity index (χ2v) is 5.68. The number of para-hydroxylation sites is 2. The third kappa shape index (κ3) is 4.87. The van der Waals surface area contributed by atoms with Crippen LogP contribution in [0.1, 0.15) is 6.92 Å². The molecular weight excluding hydrogens is 280 g/mol. The van der Waals surface area contributed by atoms with Gasteiger partial charge in [-0.1, -0.05) is 12.1 Å². The Morgan fingerprint density at radius 2 is 1.82 bits per heavy atom. The van der Waals surface area contributed by atoms with Crippen LogP contribution in [0.4, 0.5) is 0 Å². The SMILES string of the molecule is COCCN1CCN(CCOc2ccccc2OC)C[C@H]1C. The summed E-state index contributed by atoms with van der Waals surface area (Å²) in [6.45, 7) is 9.00. The highest BCUT2D eigenvalue weighted by atomic mass is 16.5. The molecule has 0 N–H and O–H groups in total. The third-order valence-electron chi connectivity index (χ3n) is 4.17. The van der Waals surface area contributed by atoms with Crippen LogP contribution in [0.25, 0.3) is 0 Å². The quantitative estimate of drug-likeness (QED) is 0.730. The molecule has 1 heterocycles. The van der Waals surface area contributed by atoms with Gasteiger partial charge < -0.3 is 14.2 Å². The van der Waals surface area contributed by atoms with Crippen molar-refractivity contribution in [2.75, 3.05) is 60.2 Å². The first-order valence-corrected chi connectivity index (χ1v) is 7.95. The van der Waals surface area contributed by atoms with Crippen molar-refractivity contribution in [2.24, 2.45) is 0 Å². The van der Waals surface area contributed by atoms with Gasteiger partial charge in [0.15, 0.2) is 11.5 Å². The maximum atomic E-state index is 5.86. The van der Waals surface area contributed by atoms with Gasteiger partial charge in [-0.15, -0.1) is 0 Å². The average Bonchev–Trinajstić information content (AvgIpc) is 2.54. The highest BCUT2D eigenvalue weighted by Crippen LogP contribution is 2.25. The van der Waals surface area contributed by atoms with Gasteiger partial charge in [-0.25, -0.2) is 0 Å². The van der Waals surface area contributed by atoms with Crippen LogP contribution in [-0.4, -0.2) is 76.0 Å². The first-order valence-electron chi connectivity index (χ1n) is 7.95. The van der Waals surface area contributed by atoms with E-state index in [-0.39, 0.29) is 0 Å². The van der Waals surface area contributed by atoms with Crippen LogP contribution < -0.4 is 9.47 Å². The Balaban J connectivity index is 1.72. The van der Waals surface area contributed by atoms with E-state index in [0.29, 0.717) is 12.6 Å². The lowest BCUT2D eigenvalue weighted by Crippen LogP contribution is -2.53. The molecule has 1 fully saturated rings. The van der Waals surface area contributed by atoms with E-state index in [1.165, 1.54) is 0 Å². The van der Waals surface area contributed by atoms with E-state index < -0.39 is 0 Å². The molecule has 0 saturated carbocycles. The largest absolute Gasteiger partial charge is 0.493 e. The van der Waals surface area contributed by atoms with Gasteiger partial charge in [0, 0.05) is 45.9 Å². The summed E-state index contributed by atoms with van der Waals surface area (Å²) in [4.78, 5) is 4.95. The molecule has 5 nitrogen and oxygen atoms in total. The van der Waals surface area contributed by atoms with Crippen LogP contribution in [0.3, 0.4) is 0 Å². The van der Waals surface area contributed by atoms with Gasteiger partial charge in [-0.3, -0.25) is 9.80 Å². The van der Waals surface area contributed by atoms with E-state index in [0.717, 1.165) is 50.8 Å². The second-order valence-electron chi connectivity index (χ2n) is 5.68. The van der Waals surface area contributed by atoms with E-state index in [1.807, 2.05) is 24.3 Å². The van der Waals surface area contributed by atoms with E-state index in [9.17, 15) is 0 Å². The molecule has 0 bridgehead atoms. The first-order chi connectivity index (χ1) is 10.7. The Bertz CT molecular complexity index is 442. The van der Waals surface area contributed by atoms with Crippen molar-refractivity contribution in [1.82, 2.24) is 9.80 Å². The van der Waals surface area contributed by atoms with Gasteiger partial charge in [0.1, 0.15) is 6.61 Å². The Morgan fingerprint density at radius 1 is 1.05 bits per heavy atom. The van der Waals surface area contributed by atoms with Gasteiger partial charge in [0.25, 0.3) is 0 Å². The fourth-order valence-electron chi connectivity index (χ4n) is 2.84. The Kier molecular flexibility index (Phi) is 6.96. The van der Waals surface area contributed by atoms with Gasteiger partial charge >= 0.3 is 0 Å². The van der Waals surface area contributed by atoms with Gasteiger partial charge in [0.05, 0.1) is 13.7 Å². The number of piperazine rings is 1. The smallest absolute Gasteiger partial charge is 0.161 e. The molecule has 22 heavy (non-hydrogen) atoms. The zero-order valence-corrected chi connectivity index (χ0v) is 14.0. The van der Waals surface area contributed by atoms with Gasteiger partial charge in [0.2, 0.25) is 0 Å². The van der Waals surface area contributed by atoms with E-state index >= 15 is 0 Å². The maximum absolute atomic E-state index is 5.86. The predicted molar refractivity (Wildman–Crippen MR) is 87.8 cm³/mol. The molecule has 0 amide bonds. The molecule has 124 valence electrons. The number of benzene rings is 1. The lowest BCUT2D eigenvalue weighted by molar-refractivity contribution is 0.0530. The van der Waals surface area contributed by atoms with Crippen molar-refractivity contribution < 1.29 is 14.2 Å². The van der Waals surface area contributed by atoms with Crippen LogP contribution >= 0.6 is 0 Å². The summed E-state index contributed by atoms with van der Waals surface area (Å²) in [5, 5.41) is 0. The number of hydrogen-bond donors (Lipinski definition) is 0. The van der Waals surface area contributed by atoms with Crippen molar-refractivity contribution in [3.05, 3.63) is 24.3 Å². The number of ether oxygens (including phenoxy) is 3. The summed E-state index contributed by atoms with van der Waals surface area (Å²) in [7, 11) is 3.43. The summed E-state index contributed by atoms with van der Waals surface area (Å²) in [5.41, 5.74) is 0. The number of methoxy groups -OCH3 is 2. The molecule has 1 aliphatic heterocycles. The van der Waals surface area contributed by atoms with Crippen molar-refractivity contribution in [2.45, 2.75) is 13.0 Å². The number of nitrogens with zero attached hydrogens (tertiary/aromatic N) is 2. The molecule has 1 saturated heterocycles. The molecule has 0 aliphatic carbocycles. The van der Waals surface area contributed by atoms with Crippen LogP contribution in [0.2, 0.25) is 0 Å². The zero-order chi connectivity index (χ0) is 15.8. The number of hydrogen-bond acceptors (Lipinski definition) is 5. The minimum Gasteiger partial charge on any atom is -0.493 e. The predicted octanol–water partition coefficient (Wildman–Crippen LogP) is 1.73. The summed E-state index contributed by atoms with van der Waals surface area (Å²) < 4.78 is 16.3.